The molecule has 1 aliphatic heterocycles. The molecule has 216 valence electrons. The van der Waals surface area contributed by atoms with Crippen LogP contribution in [0.15, 0.2) is 34.3 Å². The van der Waals surface area contributed by atoms with E-state index in [1.807, 2.05) is 13.0 Å². The molecule has 10 nitrogen and oxygen atoms in total. The molecule has 40 heavy (non-hydrogen) atoms. The van der Waals surface area contributed by atoms with Gasteiger partial charge in [-0.05, 0) is 38.3 Å². The number of aliphatic hydroxyl groups is 2. The Labute approximate surface area is 232 Å². The SMILES string of the molecule is CCC(=O)O[C@H]1[C@H](O)[C@@H]2[C@@]3(C)CCC(=O)[C@](C)(C(=O)OC)C3=C(O)C(=O)[C@@]2(C)[C@@]23O[C@@H]2C[C@@H](c2ccoc2)[C@]13C. The Bertz CT molecular complexity index is 1350. The predicted molar refractivity (Wildman–Crippen MR) is 137 cm³/mol. The maximum Gasteiger partial charge on any atom is 0.323 e. The number of fused-ring (bicyclic) bond motifs is 3. The number of carbonyl (C=O) groups is 4. The van der Waals surface area contributed by atoms with Crippen molar-refractivity contribution in [2.75, 3.05) is 7.11 Å². The first kappa shape index (κ1) is 27.2. The first-order chi connectivity index (χ1) is 18.7. The van der Waals surface area contributed by atoms with Gasteiger partial charge in [0.15, 0.2) is 11.5 Å². The molecule has 3 saturated carbocycles. The van der Waals surface area contributed by atoms with Crippen molar-refractivity contribution >= 4 is 23.5 Å². The number of epoxide rings is 1. The predicted octanol–water partition coefficient (Wildman–Crippen LogP) is 3.17. The zero-order valence-corrected chi connectivity index (χ0v) is 23.6. The van der Waals surface area contributed by atoms with Gasteiger partial charge < -0.3 is 28.8 Å². The third-order valence-electron chi connectivity index (χ3n) is 11.5. The Kier molecular flexibility index (Phi) is 5.48. The summed E-state index contributed by atoms with van der Waals surface area (Å²) in [5, 5.41) is 24.1. The molecule has 0 aromatic carbocycles. The van der Waals surface area contributed by atoms with Crippen molar-refractivity contribution in [1.82, 2.24) is 0 Å². The summed E-state index contributed by atoms with van der Waals surface area (Å²) in [7, 11) is 1.15. The molecule has 10 atom stereocenters. The second kappa shape index (κ2) is 8.06. The molecule has 1 spiro atoms. The fourth-order valence-corrected chi connectivity index (χ4v) is 9.88. The van der Waals surface area contributed by atoms with Crippen molar-refractivity contribution in [2.45, 2.75) is 90.1 Å². The average molecular weight is 557 g/mol. The van der Waals surface area contributed by atoms with Gasteiger partial charge in [0.05, 0.1) is 37.3 Å². The van der Waals surface area contributed by atoms with Gasteiger partial charge in [-0.25, -0.2) is 0 Å². The third-order valence-corrected chi connectivity index (χ3v) is 11.5. The Balaban J connectivity index is 1.63. The Morgan fingerprint density at radius 3 is 2.48 bits per heavy atom. The standard InChI is InChI=1S/C30H36O10/c1-7-18(32)39-24-20(34)22-26(2)10-8-16(31)27(3,25(36)37-6)21(26)19(33)23(35)29(22,5)30-17(40-30)12-15(28(24,30)4)14-9-11-38-13-14/h9,11,13,15,17,20,22,24,33-34H,7-8,10,12H2,1-6H3/t15-,17+,20+,22+,24-,26-,27-,28+,29-,30+/m0/s1. The van der Waals surface area contributed by atoms with E-state index >= 15 is 0 Å². The van der Waals surface area contributed by atoms with E-state index in [0.717, 1.165) is 12.7 Å². The van der Waals surface area contributed by atoms with E-state index in [-0.39, 0.29) is 30.8 Å². The Morgan fingerprint density at radius 2 is 1.88 bits per heavy atom. The van der Waals surface area contributed by atoms with Gasteiger partial charge in [0.25, 0.3) is 0 Å². The van der Waals surface area contributed by atoms with E-state index in [0.29, 0.717) is 6.42 Å². The van der Waals surface area contributed by atoms with Gasteiger partial charge in [-0.15, -0.1) is 0 Å². The molecule has 2 N–H and O–H groups in total. The number of Topliss-reactive ketones (excluding diaryl/α,β-unsaturated/α-hetero) is 2. The number of rotatable bonds is 4. The fourth-order valence-electron chi connectivity index (χ4n) is 9.88. The van der Waals surface area contributed by atoms with Gasteiger partial charge in [0.2, 0.25) is 5.78 Å². The second-order valence-electron chi connectivity index (χ2n) is 12.9. The minimum absolute atomic E-state index is 0.0298. The van der Waals surface area contributed by atoms with E-state index in [1.54, 1.807) is 33.3 Å². The monoisotopic (exact) mass is 556 g/mol. The summed E-state index contributed by atoms with van der Waals surface area (Å²) in [5.41, 5.74) is -6.09. The van der Waals surface area contributed by atoms with Gasteiger partial charge in [-0.2, -0.15) is 0 Å². The minimum Gasteiger partial charge on any atom is -0.504 e. The van der Waals surface area contributed by atoms with Gasteiger partial charge in [0.1, 0.15) is 17.1 Å². The number of carbonyl (C=O) groups excluding carboxylic acids is 4. The van der Waals surface area contributed by atoms with Gasteiger partial charge in [-0.3, -0.25) is 19.2 Å². The van der Waals surface area contributed by atoms with Crippen LogP contribution in [0.1, 0.15) is 71.8 Å². The van der Waals surface area contributed by atoms with E-state index in [9.17, 15) is 29.4 Å². The quantitative estimate of drug-likeness (QED) is 0.321. The van der Waals surface area contributed by atoms with Crippen molar-refractivity contribution in [1.29, 1.82) is 0 Å². The molecule has 6 rings (SSSR count). The van der Waals surface area contributed by atoms with Crippen LogP contribution >= 0.6 is 0 Å². The molecule has 4 aliphatic carbocycles. The van der Waals surface area contributed by atoms with Gasteiger partial charge >= 0.3 is 11.9 Å². The summed E-state index contributed by atoms with van der Waals surface area (Å²) in [6.45, 7) is 8.39. The van der Waals surface area contributed by atoms with E-state index in [1.165, 1.54) is 6.92 Å². The van der Waals surface area contributed by atoms with Crippen LogP contribution in [-0.4, -0.2) is 64.7 Å². The maximum atomic E-state index is 14.5. The zero-order valence-electron chi connectivity index (χ0n) is 23.6. The lowest BCUT2D eigenvalue weighted by atomic mass is 9.37. The molecule has 2 heterocycles. The highest BCUT2D eigenvalue weighted by Gasteiger charge is 2.91. The number of hydrogen-bond donors (Lipinski definition) is 2. The number of ether oxygens (including phenoxy) is 3. The molecule has 5 aliphatic rings. The largest absolute Gasteiger partial charge is 0.504 e. The van der Waals surface area contributed by atoms with Gasteiger partial charge in [-0.1, -0.05) is 20.8 Å². The fraction of sp³-hybridized carbons (Fsp3) is 0.667. The summed E-state index contributed by atoms with van der Waals surface area (Å²) in [5.74, 6) is -4.46. The number of allylic oxidation sites excluding steroid dienone is 1. The van der Waals surface area contributed by atoms with Crippen molar-refractivity contribution in [2.24, 2.45) is 27.6 Å². The van der Waals surface area contributed by atoms with Crippen LogP contribution in [0, 0.1) is 27.6 Å². The van der Waals surface area contributed by atoms with E-state index in [2.05, 4.69) is 0 Å². The van der Waals surface area contributed by atoms with Crippen LogP contribution in [0.4, 0.5) is 0 Å². The van der Waals surface area contributed by atoms with Gasteiger partial charge in [0, 0.05) is 41.1 Å². The molecule has 0 amide bonds. The molecule has 1 aromatic rings. The highest BCUT2D eigenvalue weighted by atomic mass is 16.6. The summed E-state index contributed by atoms with van der Waals surface area (Å²) >= 11 is 0. The van der Waals surface area contributed by atoms with Crippen LogP contribution in [0.3, 0.4) is 0 Å². The maximum absolute atomic E-state index is 14.5. The molecule has 0 bridgehead atoms. The lowest BCUT2D eigenvalue weighted by Gasteiger charge is -2.66. The van der Waals surface area contributed by atoms with E-state index in [4.69, 9.17) is 18.6 Å². The molecular weight excluding hydrogens is 520 g/mol. The van der Waals surface area contributed by atoms with Crippen LogP contribution in [0.25, 0.3) is 0 Å². The Hall–Kier alpha value is -2.98. The number of methoxy groups -OCH3 is 1. The summed E-state index contributed by atoms with van der Waals surface area (Å²) < 4.78 is 22.9. The third kappa shape index (κ3) is 2.68. The second-order valence-corrected chi connectivity index (χ2v) is 12.9. The first-order valence-corrected chi connectivity index (χ1v) is 13.9. The summed E-state index contributed by atoms with van der Waals surface area (Å²) in [6.07, 6.45) is 0.974. The van der Waals surface area contributed by atoms with Crippen molar-refractivity contribution in [3.63, 3.8) is 0 Å². The summed E-state index contributed by atoms with van der Waals surface area (Å²) in [4.78, 5) is 53.8. The van der Waals surface area contributed by atoms with Crippen LogP contribution in [0.2, 0.25) is 0 Å². The lowest BCUT2D eigenvalue weighted by Crippen LogP contribution is -2.76. The molecule has 4 fully saturated rings. The molecule has 10 heteroatoms. The topological polar surface area (TPSA) is 153 Å². The zero-order chi connectivity index (χ0) is 29.2. The van der Waals surface area contributed by atoms with Crippen molar-refractivity contribution in [3.8, 4) is 0 Å². The summed E-state index contributed by atoms with van der Waals surface area (Å²) in [6, 6.07) is 1.82. The van der Waals surface area contributed by atoms with Crippen molar-refractivity contribution in [3.05, 3.63) is 35.5 Å². The highest BCUT2D eigenvalue weighted by Crippen LogP contribution is 2.81. The number of esters is 2. The lowest BCUT2D eigenvalue weighted by molar-refractivity contribution is -0.246. The van der Waals surface area contributed by atoms with Crippen LogP contribution < -0.4 is 0 Å². The smallest absolute Gasteiger partial charge is 0.323 e. The number of aliphatic hydroxyl groups excluding tert-OH is 2. The first-order valence-electron chi connectivity index (χ1n) is 13.9. The van der Waals surface area contributed by atoms with Crippen LogP contribution in [0.5, 0.6) is 0 Å². The minimum atomic E-state index is -1.92. The highest BCUT2D eigenvalue weighted by molar-refractivity contribution is 6.11. The normalized spacial score (nSPS) is 47.1. The molecule has 0 unspecified atom stereocenters. The number of furan rings is 1. The van der Waals surface area contributed by atoms with Crippen molar-refractivity contribution < 1.29 is 48.0 Å². The molecule has 0 radical (unpaired) electrons. The Morgan fingerprint density at radius 1 is 1.18 bits per heavy atom. The average Bonchev–Trinajstić information content (AvgIpc) is 3.28. The molecule has 1 saturated heterocycles. The number of hydrogen-bond acceptors (Lipinski definition) is 10. The van der Waals surface area contributed by atoms with Crippen LogP contribution in [-0.2, 0) is 33.4 Å². The molecule has 1 aromatic heterocycles. The van der Waals surface area contributed by atoms with E-state index < -0.39 is 80.8 Å². The number of ketones is 2. The molecular formula is C30H36O10.